The molecular weight excluding hydrogens is 361 g/mol. The number of ether oxygens (including phenoxy) is 2. The van der Waals surface area contributed by atoms with Gasteiger partial charge in [-0.1, -0.05) is 19.6 Å². The fourth-order valence-electron chi connectivity index (χ4n) is 3.19. The molecule has 1 aromatic heterocycles. The van der Waals surface area contributed by atoms with Crippen LogP contribution in [0.4, 0.5) is 4.39 Å². The second kappa shape index (κ2) is 8.28. The smallest absolute Gasteiger partial charge is 0.167 e. The molecule has 1 heterocycles. The van der Waals surface area contributed by atoms with Crippen molar-refractivity contribution in [2.45, 2.75) is 57.7 Å². The number of hydrogen-bond donors (Lipinski definition) is 0. The summed E-state index contributed by atoms with van der Waals surface area (Å²) in [6, 6.07) is 5.10. The van der Waals surface area contributed by atoms with Crippen LogP contribution in [-0.2, 0) is 17.9 Å². The molecule has 5 nitrogen and oxygen atoms in total. The van der Waals surface area contributed by atoms with Gasteiger partial charge in [-0.2, -0.15) is 5.10 Å². The van der Waals surface area contributed by atoms with Crippen molar-refractivity contribution in [2.24, 2.45) is 0 Å². The Kier molecular flexibility index (Phi) is 6.23. The van der Waals surface area contributed by atoms with E-state index < -0.39 is 8.07 Å². The number of nitrogens with zero attached hydrogens (tertiary/aromatic N) is 3. The molecular formula is C20H32FN3O2Si. The number of halogens is 1. The number of methoxy groups -OCH3 is 1. The van der Waals surface area contributed by atoms with E-state index in [2.05, 4.69) is 31.6 Å². The summed E-state index contributed by atoms with van der Waals surface area (Å²) in [4.78, 5) is 2.38. The highest BCUT2D eigenvalue weighted by Gasteiger charge is 2.26. The Morgan fingerprint density at radius 1 is 1.30 bits per heavy atom. The fraction of sp³-hybridized carbons (Fsp3) is 0.650. The first-order chi connectivity index (χ1) is 12.8. The van der Waals surface area contributed by atoms with E-state index in [1.807, 2.05) is 0 Å². The van der Waals surface area contributed by atoms with Crippen LogP contribution in [0.25, 0.3) is 10.9 Å². The van der Waals surface area contributed by atoms with Crippen LogP contribution in [0.15, 0.2) is 12.1 Å². The van der Waals surface area contributed by atoms with Crippen LogP contribution in [0, 0.1) is 5.82 Å². The molecule has 0 aliphatic heterocycles. The van der Waals surface area contributed by atoms with Crippen LogP contribution in [0.2, 0.25) is 25.7 Å². The number of likely N-dealkylation sites (N-methyl/N-ethyl adjacent to an activating group) is 1. The normalized spacial score (nSPS) is 15.1. The van der Waals surface area contributed by atoms with Crippen molar-refractivity contribution < 1.29 is 13.9 Å². The van der Waals surface area contributed by atoms with Crippen molar-refractivity contribution in [3.05, 3.63) is 23.6 Å². The second-order valence-electron chi connectivity index (χ2n) is 8.76. The largest absolute Gasteiger partial charge is 0.494 e. The predicted molar refractivity (Wildman–Crippen MR) is 110 cm³/mol. The van der Waals surface area contributed by atoms with E-state index in [0.717, 1.165) is 48.3 Å². The van der Waals surface area contributed by atoms with E-state index in [4.69, 9.17) is 14.6 Å². The highest BCUT2D eigenvalue weighted by atomic mass is 28.3. The third-order valence-corrected chi connectivity index (χ3v) is 6.89. The molecule has 2 aromatic rings. The Morgan fingerprint density at radius 3 is 2.67 bits per heavy atom. The first kappa shape index (κ1) is 20.3. The number of aromatic nitrogens is 2. The summed E-state index contributed by atoms with van der Waals surface area (Å²) in [6.45, 7) is 9.01. The average molecular weight is 394 g/mol. The zero-order chi connectivity index (χ0) is 19.6. The van der Waals surface area contributed by atoms with E-state index in [1.54, 1.807) is 10.7 Å². The molecule has 150 valence electrons. The molecule has 1 aliphatic rings. The average Bonchev–Trinajstić information content (AvgIpc) is 3.40. The number of rotatable bonds is 10. The Morgan fingerprint density at radius 2 is 2.04 bits per heavy atom. The van der Waals surface area contributed by atoms with E-state index in [1.165, 1.54) is 26.0 Å². The molecule has 27 heavy (non-hydrogen) atoms. The molecule has 7 heteroatoms. The minimum absolute atomic E-state index is 0.262. The summed E-state index contributed by atoms with van der Waals surface area (Å²) in [5, 5.41) is 5.70. The maximum Gasteiger partial charge on any atom is 0.167 e. The van der Waals surface area contributed by atoms with E-state index in [9.17, 15) is 4.39 Å². The molecule has 0 atom stereocenters. The number of hydrogen-bond acceptors (Lipinski definition) is 4. The van der Waals surface area contributed by atoms with Gasteiger partial charge in [-0.3, -0.25) is 0 Å². The van der Waals surface area contributed by atoms with Gasteiger partial charge >= 0.3 is 0 Å². The molecule has 1 aliphatic carbocycles. The number of benzene rings is 1. The Balaban J connectivity index is 1.78. The summed E-state index contributed by atoms with van der Waals surface area (Å²) < 4.78 is 27.1. The summed E-state index contributed by atoms with van der Waals surface area (Å²) in [5.74, 6) is -0.103. The highest BCUT2D eigenvalue weighted by Crippen LogP contribution is 2.29. The van der Waals surface area contributed by atoms with Crippen molar-refractivity contribution in [3.63, 3.8) is 0 Å². The zero-order valence-electron chi connectivity index (χ0n) is 17.2. The summed E-state index contributed by atoms with van der Waals surface area (Å²) >= 11 is 0. The minimum atomic E-state index is -1.13. The van der Waals surface area contributed by atoms with Crippen LogP contribution < -0.4 is 4.74 Å². The molecule has 0 spiro atoms. The lowest BCUT2D eigenvalue weighted by atomic mass is 10.1. The third-order valence-electron chi connectivity index (χ3n) is 5.18. The van der Waals surface area contributed by atoms with Gasteiger partial charge in [-0.25, -0.2) is 9.07 Å². The molecule has 0 N–H and O–H groups in total. The Bertz CT molecular complexity index is 784. The van der Waals surface area contributed by atoms with Gasteiger partial charge in [-0.05, 0) is 32.0 Å². The summed E-state index contributed by atoms with van der Waals surface area (Å²) in [7, 11) is 2.53. The third kappa shape index (κ3) is 5.30. The van der Waals surface area contributed by atoms with Crippen molar-refractivity contribution in [2.75, 3.05) is 27.3 Å². The lowest BCUT2D eigenvalue weighted by Crippen LogP contribution is -2.23. The Labute approximate surface area is 162 Å². The molecule has 1 saturated carbocycles. The van der Waals surface area contributed by atoms with Crippen LogP contribution >= 0.6 is 0 Å². The molecule has 0 radical (unpaired) electrons. The van der Waals surface area contributed by atoms with E-state index >= 15 is 0 Å². The van der Waals surface area contributed by atoms with Crippen molar-refractivity contribution >= 4 is 19.0 Å². The summed E-state index contributed by atoms with van der Waals surface area (Å²) in [6.07, 6.45) is 3.41. The van der Waals surface area contributed by atoms with Crippen molar-refractivity contribution in [1.82, 2.24) is 14.7 Å². The highest BCUT2D eigenvalue weighted by molar-refractivity contribution is 6.76. The number of fused-ring (bicyclic) bond motifs is 1. The first-order valence-corrected chi connectivity index (χ1v) is 13.5. The van der Waals surface area contributed by atoms with Gasteiger partial charge in [0.05, 0.1) is 18.3 Å². The van der Waals surface area contributed by atoms with Crippen LogP contribution in [0.1, 0.15) is 18.5 Å². The van der Waals surface area contributed by atoms with Crippen molar-refractivity contribution in [3.8, 4) is 5.75 Å². The maximum atomic E-state index is 14.3. The quantitative estimate of drug-likeness (QED) is 0.449. The van der Waals surface area contributed by atoms with E-state index in [0.29, 0.717) is 6.73 Å². The van der Waals surface area contributed by atoms with Gasteiger partial charge < -0.3 is 14.4 Å². The first-order valence-electron chi connectivity index (χ1n) is 9.79. The molecule has 1 fully saturated rings. The summed E-state index contributed by atoms with van der Waals surface area (Å²) in [5.41, 5.74) is 1.75. The zero-order valence-corrected chi connectivity index (χ0v) is 18.2. The van der Waals surface area contributed by atoms with Gasteiger partial charge in [0.2, 0.25) is 0 Å². The maximum absolute atomic E-state index is 14.3. The molecule has 1 aromatic carbocycles. The predicted octanol–water partition coefficient (Wildman–Crippen LogP) is 4.13. The van der Waals surface area contributed by atoms with Gasteiger partial charge in [0.15, 0.2) is 11.6 Å². The SMILES string of the molecule is COc1cc2c(CCN(C)C3CC3)nn(COCC[Si](C)(C)C)c2cc1F. The van der Waals surface area contributed by atoms with Crippen LogP contribution in [0.5, 0.6) is 5.75 Å². The lowest BCUT2D eigenvalue weighted by molar-refractivity contribution is 0.0813. The molecule has 0 saturated heterocycles. The lowest BCUT2D eigenvalue weighted by Gasteiger charge is -2.15. The van der Waals surface area contributed by atoms with Crippen molar-refractivity contribution in [1.29, 1.82) is 0 Å². The molecule has 0 amide bonds. The van der Waals surface area contributed by atoms with Gasteiger partial charge in [-0.15, -0.1) is 0 Å². The molecule has 0 unspecified atom stereocenters. The second-order valence-corrected chi connectivity index (χ2v) is 14.4. The standard InChI is InChI=1S/C20H32FN3O2Si/c1-23(15-6-7-15)9-8-18-16-12-20(25-2)17(21)13-19(16)24(22-18)14-26-10-11-27(3,4)5/h12-13,15H,6-11,14H2,1-5H3. The Hall–Kier alpha value is -1.44. The monoisotopic (exact) mass is 393 g/mol. The minimum Gasteiger partial charge on any atom is -0.494 e. The molecule has 3 rings (SSSR count). The molecule has 0 bridgehead atoms. The van der Waals surface area contributed by atoms with E-state index in [-0.39, 0.29) is 11.6 Å². The van der Waals surface area contributed by atoms with Gasteiger partial charge in [0.1, 0.15) is 6.73 Å². The van der Waals surface area contributed by atoms with Gasteiger partial charge in [0, 0.05) is 45.1 Å². The topological polar surface area (TPSA) is 39.5 Å². The van der Waals surface area contributed by atoms with Crippen LogP contribution in [0.3, 0.4) is 0 Å². The van der Waals surface area contributed by atoms with Gasteiger partial charge in [0.25, 0.3) is 0 Å². The van der Waals surface area contributed by atoms with Crippen LogP contribution in [-0.4, -0.2) is 56.1 Å². The fourth-order valence-corrected chi connectivity index (χ4v) is 3.95.